The summed E-state index contributed by atoms with van der Waals surface area (Å²) in [5.74, 6) is 0.365. The van der Waals surface area contributed by atoms with Gasteiger partial charge in [0.2, 0.25) is 0 Å². The Kier molecular flexibility index (Phi) is 7.90. The van der Waals surface area contributed by atoms with Crippen molar-refractivity contribution in [2.24, 2.45) is 0 Å². The number of anilines is 1. The smallest absolute Gasteiger partial charge is 0.416 e. The molecule has 0 unspecified atom stereocenters. The number of rotatable bonds is 10. The van der Waals surface area contributed by atoms with Gasteiger partial charge in [-0.2, -0.15) is 13.2 Å². The van der Waals surface area contributed by atoms with Crippen LogP contribution in [0.4, 0.5) is 23.2 Å². The molecule has 0 aliphatic rings. The Morgan fingerprint density at radius 3 is 2.59 bits per heavy atom. The van der Waals surface area contributed by atoms with Gasteiger partial charge in [-0.25, -0.2) is 4.39 Å². The molecule has 0 bridgehead atoms. The molecule has 0 amide bonds. The lowest BCUT2D eigenvalue weighted by Gasteiger charge is -2.22. The number of alkyl halides is 3. The highest BCUT2D eigenvalue weighted by Crippen LogP contribution is 2.32. The SMILES string of the molecule is CCCN(CCCNc1ccnc2cc(C(F)(F)F)ccc12)Cc1cc(OC)ccc1F. The molecule has 3 rings (SSSR count). The summed E-state index contributed by atoms with van der Waals surface area (Å²) in [5, 5.41) is 3.94. The second kappa shape index (κ2) is 10.6. The summed E-state index contributed by atoms with van der Waals surface area (Å²) in [6.45, 7) is 4.76. The summed E-state index contributed by atoms with van der Waals surface area (Å²) in [7, 11) is 1.55. The zero-order valence-electron chi connectivity index (χ0n) is 18.2. The van der Waals surface area contributed by atoms with Crippen LogP contribution in [0.3, 0.4) is 0 Å². The van der Waals surface area contributed by atoms with Crippen LogP contribution < -0.4 is 10.1 Å². The lowest BCUT2D eigenvalue weighted by molar-refractivity contribution is -0.137. The third-order valence-electron chi connectivity index (χ3n) is 5.22. The number of methoxy groups -OCH3 is 1. The first-order chi connectivity index (χ1) is 15.3. The van der Waals surface area contributed by atoms with Gasteiger partial charge in [0.25, 0.3) is 0 Å². The van der Waals surface area contributed by atoms with Gasteiger partial charge in [0.15, 0.2) is 0 Å². The van der Waals surface area contributed by atoms with Gasteiger partial charge < -0.3 is 10.1 Å². The van der Waals surface area contributed by atoms with Crippen LogP contribution in [-0.4, -0.2) is 36.6 Å². The van der Waals surface area contributed by atoms with Gasteiger partial charge in [-0.1, -0.05) is 13.0 Å². The number of benzene rings is 2. The molecular formula is C24H27F4N3O. The monoisotopic (exact) mass is 449 g/mol. The first-order valence-corrected chi connectivity index (χ1v) is 10.6. The number of ether oxygens (including phenoxy) is 1. The summed E-state index contributed by atoms with van der Waals surface area (Å²) in [5.41, 5.74) is 0.913. The largest absolute Gasteiger partial charge is 0.497 e. The van der Waals surface area contributed by atoms with Crippen molar-refractivity contribution >= 4 is 16.6 Å². The molecule has 0 saturated carbocycles. The molecule has 1 heterocycles. The maximum Gasteiger partial charge on any atom is 0.416 e. The number of hydrogen-bond acceptors (Lipinski definition) is 4. The molecule has 3 aromatic rings. The van der Waals surface area contributed by atoms with Crippen molar-refractivity contribution in [3.8, 4) is 5.75 Å². The standard InChI is InChI=1S/C24H27F4N3O/c1-3-12-31(16-17-14-19(32-2)6-8-21(17)25)13-4-10-29-22-9-11-30-23-15-18(24(26,27)28)5-7-20(22)23/h5-9,11,14-15H,3-4,10,12-13,16H2,1-2H3,(H,29,30). The maximum atomic E-state index is 14.2. The lowest BCUT2D eigenvalue weighted by Crippen LogP contribution is -2.27. The van der Waals surface area contributed by atoms with Crippen molar-refractivity contribution in [2.45, 2.75) is 32.5 Å². The van der Waals surface area contributed by atoms with Crippen molar-refractivity contribution in [2.75, 3.05) is 32.1 Å². The molecule has 0 spiro atoms. The fourth-order valence-electron chi connectivity index (χ4n) is 3.63. The molecule has 4 nitrogen and oxygen atoms in total. The average Bonchev–Trinajstić information content (AvgIpc) is 2.77. The molecular weight excluding hydrogens is 422 g/mol. The van der Waals surface area contributed by atoms with Gasteiger partial charge in [-0.3, -0.25) is 9.88 Å². The number of halogens is 4. The first kappa shape index (κ1) is 23.8. The number of pyridine rings is 1. The van der Waals surface area contributed by atoms with E-state index in [1.807, 2.05) is 0 Å². The third kappa shape index (κ3) is 6.09. The molecule has 8 heteroatoms. The molecule has 0 atom stereocenters. The number of fused-ring (bicyclic) bond motifs is 1. The average molecular weight is 449 g/mol. The number of hydrogen-bond donors (Lipinski definition) is 1. The molecule has 1 aromatic heterocycles. The lowest BCUT2D eigenvalue weighted by atomic mass is 10.1. The summed E-state index contributed by atoms with van der Waals surface area (Å²) in [6, 6.07) is 10.1. The van der Waals surface area contributed by atoms with Crippen molar-refractivity contribution in [3.05, 3.63) is 65.6 Å². The predicted octanol–water partition coefficient (Wildman–Crippen LogP) is 6.12. The second-order valence-electron chi connectivity index (χ2n) is 7.60. The fraction of sp³-hybridized carbons (Fsp3) is 0.375. The molecule has 172 valence electrons. The highest BCUT2D eigenvalue weighted by atomic mass is 19.4. The topological polar surface area (TPSA) is 37.4 Å². The van der Waals surface area contributed by atoms with E-state index < -0.39 is 11.7 Å². The van der Waals surface area contributed by atoms with Crippen molar-refractivity contribution < 1.29 is 22.3 Å². The van der Waals surface area contributed by atoms with E-state index in [4.69, 9.17) is 4.74 Å². The predicted molar refractivity (Wildman–Crippen MR) is 118 cm³/mol. The second-order valence-corrected chi connectivity index (χ2v) is 7.60. The summed E-state index contributed by atoms with van der Waals surface area (Å²) < 4.78 is 58.2. The third-order valence-corrected chi connectivity index (χ3v) is 5.22. The van der Waals surface area contributed by atoms with Crippen LogP contribution in [-0.2, 0) is 12.7 Å². The molecule has 0 aliphatic heterocycles. The zero-order chi connectivity index (χ0) is 23.1. The molecule has 32 heavy (non-hydrogen) atoms. The Bertz CT molecular complexity index is 1040. The molecule has 0 fully saturated rings. The molecule has 1 N–H and O–H groups in total. The highest BCUT2D eigenvalue weighted by molar-refractivity contribution is 5.91. The highest BCUT2D eigenvalue weighted by Gasteiger charge is 2.30. The molecule has 0 aliphatic carbocycles. The number of nitrogens with one attached hydrogen (secondary N) is 1. The van der Waals surface area contributed by atoms with E-state index in [0.29, 0.717) is 35.3 Å². The Morgan fingerprint density at radius 1 is 1.06 bits per heavy atom. The van der Waals surface area contributed by atoms with Crippen LogP contribution in [0.1, 0.15) is 30.9 Å². The minimum absolute atomic E-state index is 0.258. The van der Waals surface area contributed by atoms with Gasteiger partial charge >= 0.3 is 6.18 Å². The maximum absolute atomic E-state index is 14.2. The van der Waals surface area contributed by atoms with Gasteiger partial charge in [-0.15, -0.1) is 0 Å². The van der Waals surface area contributed by atoms with E-state index >= 15 is 0 Å². The normalized spacial score (nSPS) is 11.8. The fourth-order valence-corrected chi connectivity index (χ4v) is 3.63. The van der Waals surface area contributed by atoms with Crippen LogP contribution in [0.2, 0.25) is 0 Å². The van der Waals surface area contributed by atoms with Crippen LogP contribution in [0.15, 0.2) is 48.7 Å². The van der Waals surface area contributed by atoms with Crippen LogP contribution in [0, 0.1) is 5.82 Å². The van der Waals surface area contributed by atoms with Crippen molar-refractivity contribution in [1.82, 2.24) is 9.88 Å². The minimum atomic E-state index is -4.40. The Morgan fingerprint density at radius 2 is 1.88 bits per heavy atom. The summed E-state index contributed by atoms with van der Waals surface area (Å²) in [6.07, 6.45) is -1.17. The van der Waals surface area contributed by atoms with Gasteiger partial charge in [0.1, 0.15) is 11.6 Å². The quantitative estimate of drug-likeness (QED) is 0.299. The molecule has 0 saturated heterocycles. The van der Waals surface area contributed by atoms with E-state index in [1.54, 1.807) is 25.3 Å². The van der Waals surface area contributed by atoms with Crippen molar-refractivity contribution in [3.63, 3.8) is 0 Å². The van der Waals surface area contributed by atoms with Gasteiger partial charge in [0, 0.05) is 42.5 Å². The van der Waals surface area contributed by atoms with Gasteiger partial charge in [-0.05, 0) is 55.8 Å². The zero-order valence-corrected chi connectivity index (χ0v) is 18.2. The number of nitrogens with zero attached hydrogens (tertiary/aromatic N) is 2. The molecule has 2 aromatic carbocycles. The summed E-state index contributed by atoms with van der Waals surface area (Å²) in [4.78, 5) is 6.25. The van der Waals surface area contributed by atoms with Crippen LogP contribution in [0.5, 0.6) is 5.75 Å². The molecule has 0 radical (unpaired) electrons. The van der Waals surface area contributed by atoms with Gasteiger partial charge in [0.05, 0.1) is 18.2 Å². The van der Waals surface area contributed by atoms with Crippen LogP contribution in [0.25, 0.3) is 10.9 Å². The first-order valence-electron chi connectivity index (χ1n) is 10.6. The Balaban J connectivity index is 1.61. The summed E-state index contributed by atoms with van der Waals surface area (Å²) >= 11 is 0. The Labute approximate surface area is 185 Å². The van der Waals surface area contributed by atoms with E-state index in [1.165, 1.54) is 18.3 Å². The van der Waals surface area contributed by atoms with E-state index in [0.717, 1.165) is 43.8 Å². The van der Waals surface area contributed by atoms with E-state index in [-0.39, 0.29) is 5.82 Å². The van der Waals surface area contributed by atoms with E-state index in [2.05, 4.69) is 22.1 Å². The Hall–Kier alpha value is -2.87. The number of aromatic nitrogens is 1. The van der Waals surface area contributed by atoms with Crippen LogP contribution >= 0.6 is 0 Å². The van der Waals surface area contributed by atoms with Crippen molar-refractivity contribution in [1.29, 1.82) is 0 Å². The van der Waals surface area contributed by atoms with E-state index in [9.17, 15) is 17.6 Å². The minimum Gasteiger partial charge on any atom is -0.497 e.